The molecule has 2 N–H and O–H groups in total. The average Bonchev–Trinajstić information content (AvgIpc) is 3.01. The molecule has 1 aromatic rings. The number of carbonyl (C=O) groups excluding carboxylic acids is 1. The van der Waals surface area contributed by atoms with Gasteiger partial charge in [0.25, 0.3) is 0 Å². The smallest absolute Gasteiger partial charge is 0.243 e. The van der Waals surface area contributed by atoms with Crippen LogP contribution < -0.4 is 10.6 Å². The van der Waals surface area contributed by atoms with Crippen molar-refractivity contribution < 1.29 is 9.53 Å². The number of rotatable bonds is 8. The van der Waals surface area contributed by atoms with Gasteiger partial charge in [-0.05, 0) is 25.7 Å². The molecule has 0 atom stereocenters. The van der Waals surface area contributed by atoms with Crippen LogP contribution in [0, 0.1) is 0 Å². The number of methoxy groups -OCH3 is 1. The van der Waals surface area contributed by atoms with E-state index in [0.29, 0.717) is 19.1 Å². The Labute approximate surface area is 153 Å². The highest BCUT2D eigenvalue weighted by Gasteiger charge is 2.14. The average molecular weight is 368 g/mol. The molecule has 1 aliphatic carbocycles. The molecule has 25 heavy (non-hydrogen) atoms. The predicted molar refractivity (Wildman–Crippen MR) is 101 cm³/mol. The minimum Gasteiger partial charge on any atom is -0.383 e. The molecule has 2 rings (SSSR count). The second-order valence-electron chi connectivity index (χ2n) is 6.23. The number of amides is 1. The Hall–Kier alpha value is -1.67. The van der Waals surface area contributed by atoms with Crippen LogP contribution in [0.2, 0.25) is 0 Å². The van der Waals surface area contributed by atoms with Crippen molar-refractivity contribution >= 4 is 23.2 Å². The summed E-state index contributed by atoms with van der Waals surface area (Å²) in [7, 11) is 5.12. The van der Waals surface area contributed by atoms with E-state index in [0.717, 1.165) is 19.4 Å². The summed E-state index contributed by atoms with van der Waals surface area (Å²) < 4.78 is 5.05. The SMILES string of the molecule is COCCNC(=NCC(=O)N(C)C)NCCc1nc2c(s1)CCCC2. The Balaban J connectivity index is 1.84. The summed E-state index contributed by atoms with van der Waals surface area (Å²) in [5.41, 5.74) is 1.30. The monoisotopic (exact) mass is 367 g/mol. The highest BCUT2D eigenvalue weighted by atomic mass is 32.1. The lowest BCUT2D eigenvalue weighted by Crippen LogP contribution is -2.40. The van der Waals surface area contributed by atoms with Crippen LogP contribution in [0.1, 0.15) is 28.4 Å². The van der Waals surface area contributed by atoms with Crippen LogP contribution in [0.5, 0.6) is 0 Å². The number of ether oxygens (including phenoxy) is 1. The van der Waals surface area contributed by atoms with Crippen molar-refractivity contribution in [2.24, 2.45) is 4.99 Å². The lowest BCUT2D eigenvalue weighted by atomic mass is 10.0. The third-order valence-corrected chi connectivity index (χ3v) is 5.21. The molecule has 7 nitrogen and oxygen atoms in total. The summed E-state index contributed by atoms with van der Waals surface area (Å²) in [6.45, 7) is 2.09. The molecule has 0 saturated carbocycles. The van der Waals surface area contributed by atoms with E-state index in [1.54, 1.807) is 21.2 Å². The number of aryl methyl sites for hydroxylation is 2. The summed E-state index contributed by atoms with van der Waals surface area (Å²) in [6, 6.07) is 0. The third-order valence-electron chi connectivity index (χ3n) is 3.99. The van der Waals surface area contributed by atoms with Gasteiger partial charge < -0.3 is 20.3 Å². The molecule has 1 heterocycles. The quantitative estimate of drug-likeness (QED) is 0.404. The minimum atomic E-state index is -0.0274. The largest absolute Gasteiger partial charge is 0.383 e. The summed E-state index contributed by atoms with van der Waals surface area (Å²) in [6.07, 6.45) is 5.71. The lowest BCUT2D eigenvalue weighted by molar-refractivity contribution is -0.127. The zero-order valence-corrected chi connectivity index (χ0v) is 16.2. The maximum absolute atomic E-state index is 11.7. The molecular weight excluding hydrogens is 338 g/mol. The Bertz CT molecular complexity index is 562. The number of hydrogen-bond acceptors (Lipinski definition) is 5. The van der Waals surface area contributed by atoms with Gasteiger partial charge >= 0.3 is 0 Å². The van der Waals surface area contributed by atoms with E-state index in [2.05, 4.69) is 15.6 Å². The van der Waals surface area contributed by atoms with Crippen molar-refractivity contribution in [1.29, 1.82) is 0 Å². The zero-order valence-electron chi connectivity index (χ0n) is 15.4. The normalized spacial score (nSPS) is 14.1. The van der Waals surface area contributed by atoms with Crippen LogP contribution >= 0.6 is 11.3 Å². The second-order valence-corrected chi connectivity index (χ2v) is 7.40. The Morgan fingerprint density at radius 2 is 2.04 bits per heavy atom. The first-order chi connectivity index (χ1) is 12.1. The van der Waals surface area contributed by atoms with Gasteiger partial charge in [0.15, 0.2) is 5.96 Å². The predicted octanol–water partition coefficient (Wildman–Crippen LogP) is 0.834. The van der Waals surface area contributed by atoms with Gasteiger partial charge in [-0.3, -0.25) is 4.79 Å². The van der Waals surface area contributed by atoms with Crippen LogP contribution in [0.15, 0.2) is 4.99 Å². The number of nitrogens with one attached hydrogen (secondary N) is 2. The van der Waals surface area contributed by atoms with Crippen LogP contribution in [0.4, 0.5) is 0 Å². The standard InChI is InChI=1S/C17H29N5O2S/c1-22(2)16(23)12-20-17(19-10-11-24-3)18-9-8-15-21-13-6-4-5-7-14(13)25-15/h4-12H2,1-3H3,(H2,18,19,20). The topological polar surface area (TPSA) is 78.8 Å². The van der Waals surface area contributed by atoms with Gasteiger partial charge in [-0.15, -0.1) is 11.3 Å². The Morgan fingerprint density at radius 3 is 2.76 bits per heavy atom. The molecule has 0 fully saturated rings. The highest BCUT2D eigenvalue weighted by molar-refractivity contribution is 7.11. The van der Waals surface area contributed by atoms with E-state index in [-0.39, 0.29) is 12.5 Å². The van der Waals surface area contributed by atoms with Crippen molar-refractivity contribution in [2.75, 3.05) is 47.4 Å². The van der Waals surface area contributed by atoms with E-state index < -0.39 is 0 Å². The molecule has 1 aliphatic rings. The molecule has 0 saturated heterocycles. The highest BCUT2D eigenvalue weighted by Crippen LogP contribution is 2.26. The molecule has 0 bridgehead atoms. The number of carbonyl (C=O) groups is 1. The van der Waals surface area contributed by atoms with E-state index in [9.17, 15) is 4.79 Å². The van der Waals surface area contributed by atoms with Gasteiger partial charge in [0.2, 0.25) is 5.91 Å². The van der Waals surface area contributed by atoms with E-state index in [1.807, 2.05) is 11.3 Å². The van der Waals surface area contributed by atoms with Crippen LogP contribution in [-0.4, -0.2) is 69.2 Å². The first-order valence-electron chi connectivity index (χ1n) is 8.79. The maximum Gasteiger partial charge on any atom is 0.243 e. The molecule has 140 valence electrons. The minimum absolute atomic E-state index is 0.0274. The number of likely N-dealkylation sites (N-methyl/N-ethyl adjacent to an activating group) is 1. The first kappa shape index (κ1) is 19.7. The number of guanidine groups is 1. The number of aromatic nitrogens is 1. The number of hydrogen-bond donors (Lipinski definition) is 2. The number of fused-ring (bicyclic) bond motifs is 1. The molecule has 0 aliphatic heterocycles. The van der Waals surface area contributed by atoms with E-state index in [1.165, 1.54) is 39.7 Å². The zero-order chi connectivity index (χ0) is 18.1. The fourth-order valence-corrected chi connectivity index (χ4v) is 3.69. The van der Waals surface area contributed by atoms with Gasteiger partial charge in [0.1, 0.15) is 6.54 Å². The summed E-state index contributed by atoms with van der Waals surface area (Å²) >= 11 is 1.84. The van der Waals surface area contributed by atoms with E-state index in [4.69, 9.17) is 9.72 Å². The molecule has 0 aromatic carbocycles. The van der Waals surface area contributed by atoms with Crippen molar-refractivity contribution in [1.82, 2.24) is 20.5 Å². The number of thiazole rings is 1. The lowest BCUT2D eigenvalue weighted by Gasteiger charge is -2.13. The maximum atomic E-state index is 11.7. The summed E-state index contributed by atoms with van der Waals surface area (Å²) in [5, 5.41) is 7.64. The molecule has 0 spiro atoms. The fraction of sp³-hybridized carbons (Fsp3) is 0.706. The molecule has 1 amide bonds. The van der Waals surface area contributed by atoms with Crippen molar-refractivity contribution in [2.45, 2.75) is 32.1 Å². The van der Waals surface area contributed by atoms with Crippen molar-refractivity contribution in [3.05, 3.63) is 15.6 Å². The molecule has 0 unspecified atom stereocenters. The molecule has 0 radical (unpaired) electrons. The Kier molecular flexibility index (Phi) is 8.14. The van der Waals surface area contributed by atoms with Crippen LogP contribution in [0.3, 0.4) is 0 Å². The summed E-state index contributed by atoms with van der Waals surface area (Å²) in [4.78, 5) is 23.8. The van der Waals surface area contributed by atoms with Gasteiger partial charge in [-0.25, -0.2) is 9.98 Å². The number of aliphatic imine (C=N–C) groups is 1. The molecular formula is C17H29N5O2S. The molecule has 1 aromatic heterocycles. The van der Waals surface area contributed by atoms with Gasteiger partial charge in [0.05, 0.1) is 17.3 Å². The van der Waals surface area contributed by atoms with Crippen molar-refractivity contribution in [3.63, 3.8) is 0 Å². The van der Waals surface area contributed by atoms with Gasteiger partial charge in [0, 0.05) is 45.6 Å². The van der Waals surface area contributed by atoms with Crippen molar-refractivity contribution in [3.8, 4) is 0 Å². The van der Waals surface area contributed by atoms with Crippen LogP contribution in [0.25, 0.3) is 0 Å². The summed E-state index contributed by atoms with van der Waals surface area (Å²) in [5.74, 6) is 0.606. The van der Waals surface area contributed by atoms with Gasteiger partial charge in [-0.1, -0.05) is 0 Å². The fourth-order valence-electron chi connectivity index (χ4n) is 2.53. The van der Waals surface area contributed by atoms with Crippen LogP contribution in [-0.2, 0) is 28.8 Å². The Morgan fingerprint density at radius 1 is 1.28 bits per heavy atom. The first-order valence-corrected chi connectivity index (χ1v) is 9.60. The van der Waals surface area contributed by atoms with E-state index >= 15 is 0 Å². The third kappa shape index (κ3) is 6.62. The second kappa shape index (κ2) is 10.4. The molecule has 8 heteroatoms. The number of nitrogens with zero attached hydrogens (tertiary/aromatic N) is 3. The van der Waals surface area contributed by atoms with Gasteiger partial charge in [-0.2, -0.15) is 0 Å².